The van der Waals surface area contributed by atoms with Crippen LogP contribution in [0.2, 0.25) is 5.02 Å². The summed E-state index contributed by atoms with van der Waals surface area (Å²) in [6, 6.07) is 14.9. The van der Waals surface area contributed by atoms with Crippen LogP contribution in [0.25, 0.3) is 0 Å². The smallest absolute Gasteiger partial charge is 0.0417 e. The van der Waals surface area contributed by atoms with E-state index in [0.29, 0.717) is 5.92 Å². The molecule has 0 radical (unpaired) electrons. The molecule has 1 nitrogen and oxygen atoms in total. The molecular weight excluding hydrogens is 298 g/mol. The molecule has 21 heavy (non-hydrogen) atoms. The van der Waals surface area contributed by atoms with Crippen molar-refractivity contribution < 1.29 is 0 Å². The van der Waals surface area contributed by atoms with Crippen molar-refractivity contribution in [2.75, 3.05) is 0 Å². The minimum Gasteiger partial charge on any atom is -0.328 e. The summed E-state index contributed by atoms with van der Waals surface area (Å²) in [7, 11) is 0. The molecule has 2 aromatic carbocycles. The van der Waals surface area contributed by atoms with Crippen LogP contribution in [-0.4, -0.2) is 6.04 Å². The van der Waals surface area contributed by atoms with E-state index >= 15 is 0 Å². The third-order valence-electron chi connectivity index (χ3n) is 3.35. The molecule has 0 aliphatic rings. The van der Waals surface area contributed by atoms with E-state index < -0.39 is 0 Å². The van der Waals surface area contributed by atoms with Crippen molar-refractivity contribution in [3.05, 3.63) is 58.6 Å². The Balaban J connectivity index is 2.23. The summed E-state index contributed by atoms with van der Waals surface area (Å²) in [5.74, 6) is 0.559. The fraction of sp³-hybridized carbons (Fsp3) is 0.333. The summed E-state index contributed by atoms with van der Waals surface area (Å²) in [6.07, 6.45) is 0.865. The van der Waals surface area contributed by atoms with Gasteiger partial charge >= 0.3 is 0 Å². The van der Waals surface area contributed by atoms with Gasteiger partial charge in [0.2, 0.25) is 0 Å². The zero-order valence-corrected chi connectivity index (χ0v) is 14.3. The lowest BCUT2D eigenvalue weighted by Crippen LogP contribution is -2.18. The van der Waals surface area contributed by atoms with E-state index in [1.54, 1.807) is 11.8 Å². The van der Waals surface area contributed by atoms with E-state index in [1.807, 2.05) is 19.1 Å². The van der Waals surface area contributed by atoms with Gasteiger partial charge in [0.25, 0.3) is 0 Å². The van der Waals surface area contributed by atoms with Gasteiger partial charge < -0.3 is 5.73 Å². The number of benzene rings is 2. The maximum Gasteiger partial charge on any atom is 0.0417 e. The molecule has 0 fully saturated rings. The quantitative estimate of drug-likeness (QED) is 0.787. The maximum absolute atomic E-state index is 6.14. The first-order valence-corrected chi connectivity index (χ1v) is 8.47. The Kier molecular flexibility index (Phi) is 5.74. The van der Waals surface area contributed by atoms with E-state index in [9.17, 15) is 0 Å². The molecule has 0 saturated carbocycles. The minimum atomic E-state index is 0.147. The lowest BCUT2D eigenvalue weighted by Gasteiger charge is -2.12. The molecule has 2 aromatic rings. The third-order valence-corrected chi connectivity index (χ3v) is 4.69. The van der Waals surface area contributed by atoms with Gasteiger partial charge in [-0.1, -0.05) is 55.4 Å². The second kappa shape index (κ2) is 7.35. The SMILES string of the molecule is CC(N)Cc1ccc(Cl)cc1Sc1ccc(C(C)C)cc1. The molecule has 0 spiro atoms. The number of halogens is 1. The van der Waals surface area contributed by atoms with Gasteiger partial charge in [-0.3, -0.25) is 0 Å². The van der Waals surface area contributed by atoms with Crippen LogP contribution in [0.15, 0.2) is 52.3 Å². The lowest BCUT2D eigenvalue weighted by molar-refractivity contribution is 0.729. The molecular formula is C18H22ClNS. The Bertz CT molecular complexity index is 591. The van der Waals surface area contributed by atoms with Crippen LogP contribution in [0.4, 0.5) is 0 Å². The van der Waals surface area contributed by atoms with Crippen molar-refractivity contribution in [3.63, 3.8) is 0 Å². The first kappa shape index (κ1) is 16.4. The van der Waals surface area contributed by atoms with E-state index in [4.69, 9.17) is 17.3 Å². The summed E-state index contributed by atoms with van der Waals surface area (Å²) >= 11 is 7.89. The van der Waals surface area contributed by atoms with Gasteiger partial charge in [-0.05, 0) is 54.7 Å². The molecule has 0 bridgehead atoms. The van der Waals surface area contributed by atoms with E-state index in [0.717, 1.165) is 11.4 Å². The van der Waals surface area contributed by atoms with Crippen molar-refractivity contribution in [2.24, 2.45) is 5.73 Å². The average molecular weight is 320 g/mol. The molecule has 0 heterocycles. The topological polar surface area (TPSA) is 26.0 Å². The van der Waals surface area contributed by atoms with Gasteiger partial charge in [0.15, 0.2) is 0 Å². The van der Waals surface area contributed by atoms with Gasteiger partial charge in [0, 0.05) is 20.9 Å². The van der Waals surface area contributed by atoms with E-state index in [2.05, 4.69) is 44.2 Å². The minimum absolute atomic E-state index is 0.147. The maximum atomic E-state index is 6.14. The number of hydrogen-bond acceptors (Lipinski definition) is 2. The van der Waals surface area contributed by atoms with Crippen LogP contribution in [-0.2, 0) is 6.42 Å². The van der Waals surface area contributed by atoms with Crippen LogP contribution in [0, 0.1) is 0 Å². The number of hydrogen-bond donors (Lipinski definition) is 1. The first-order valence-electron chi connectivity index (χ1n) is 7.27. The monoisotopic (exact) mass is 319 g/mol. The van der Waals surface area contributed by atoms with Gasteiger partial charge in [-0.15, -0.1) is 0 Å². The molecule has 0 aliphatic heterocycles. The van der Waals surface area contributed by atoms with Crippen LogP contribution in [0.3, 0.4) is 0 Å². The molecule has 0 aliphatic carbocycles. The summed E-state index contributed by atoms with van der Waals surface area (Å²) in [5, 5.41) is 0.768. The van der Waals surface area contributed by atoms with Gasteiger partial charge in [-0.25, -0.2) is 0 Å². The molecule has 112 valence electrons. The van der Waals surface area contributed by atoms with Crippen LogP contribution >= 0.6 is 23.4 Å². The Morgan fingerprint density at radius 2 is 1.71 bits per heavy atom. The zero-order valence-electron chi connectivity index (χ0n) is 12.8. The Hall–Kier alpha value is -0.960. The highest BCUT2D eigenvalue weighted by Gasteiger charge is 2.08. The highest BCUT2D eigenvalue weighted by Crippen LogP contribution is 2.33. The van der Waals surface area contributed by atoms with Crippen LogP contribution < -0.4 is 5.73 Å². The Labute approximate surface area is 136 Å². The molecule has 1 atom stereocenters. The second-order valence-electron chi connectivity index (χ2n) is 5.76. The Morgan fingerprint density at radius 1 is 1.05 bits per heavy atom. The van der Waals surface area contributed by atoms with Crippen molar-refractivity contribution in [1.82, 2.24) is 0 Å². The lowest BCUT2D eigenvalue weighted by atomic mass is 10.0. The predicted octanol–water partition coefficient (Wildman–Crippen LogP) is 5.50. The molecule has 2 N–H and O–H groups in total. The Morgan fingerprint density at radius 3 is 2.29 bits per heavy atom. The van der Waals surface area contributed by atoms with Gasteiger partial charge in [-0.2, -0.15) is 0 Å². The summed E-state index contributed by atoms with van der Waals surface area (Å²) in [6.45, 7) is 6.44. The van der Waals surface area contributed by atoms with E-state index in [1.165, 1.54) is 20.9 Å². The zero-order chi connectivity index (χ0) is 15.4. The standard InChI is InChI=1S/C18H22ClNS/c1-12(2)14-5-8-17(9-6-14)21-18-11-16(19)7-4-15(18)10-13(3)20/h4-9,11-13H,10,20H2,1-3H3. The summed E-state index contributed by atoms with van der Waals surface area (Å²) in [4.78, 5) is 2.42. The third kappa shape index (κ3) is 4.77. The largest absolute Gasteiger partial charge is 0.328 e. The molecule has 1 unspecified atom stereocenters. The normalized spacial score (nSPS) is 12.7. The van der Waals surface area contributed by atoms with Crippen LogP contribution in [0.5, 0.6) is 0 Å². The fourth-order valence-electron chi connectivity index (χ4n) is 2.19. The van der Waals surface area contributed by atoms with Gasteiger partial charge in [0.1, 0.15) is 0 Å². The average Bonchev–Trinajstić information content (AvgIpc) is 2.42. The molecule has 3 heteroatoms. The molecule has 0 saturated heterocycles. The van der Waals surface area contributed by atoms with Crippen molar-refractivity contribution in [1.29, 1.82) is 0 Å². The highest BCUT2D eigenvalue weighted by atomic mass is 35.5. The van der Waals surface area contributed by atoms with Gasteiger partial charge in [0.05, 0.1) is 0 Å². The highest BCUT2D eigenvalue weighted by molar-refractivity contribution is 7.99. The second-order valence-corrected chi connectivity index (χ2v) is 7.31. The molecule has 0 aromatic heterocycles. The molecule has 0 amide bonds. The van der Waals surface area contributed by atoms with Crippen LogP contribution in [0.1, 0.15) is 37.8 Å². The van der Waals surface area contributed by atoms with Crippen molar-refractivity contribution in [3.8, 4) is 0 Å². The summed E-state index contributed by atoms with van der Waals surface area (Å²) < 4.78 is 0. The van der Waals surface area contributed by atoms with E-state index in [-0.39, 0.29) is 6.04 Å². The van der Waals surface area contributed by atoms with Crippen molar-refractivity contribution >= 4 is 23.4 Å². The van der Waals surface area contributed by atoms with Crippen molar-refractivity contribution in [2.45, 2.75) is 48.9 Å². The number of nitrogens with two attached hydrogens (primary N) is 1. The number of rotatable bonds is 5. The predicted molar refractivity (Wildman–Crippen MR) is 93.5 cm³/mol. The molecule has 2 rings (SSSR count). The summed E-state index contributed by atoms with van der Waals surface area (Å²) in [5.41, 5.74) is 8.55. The first-order chi connectivity index (χ1) is 9.95. The fourth-order valence-corrected chi connectivity index (χ4v) is 3.42.